The van der Waals surface area contributed by atoms with Gasteiger partial charge in [-0.1, -0.05) is 0 Å². The number of hydrogen-bond donors (Lipinski definition) is 2. The minimum atomic E-state index is -0.181. The molecule has 3 nitrogen and oxygen atoms in total. The third kappa shape index (κ3) is 2.02. The van der Waals surface area contributed by atoms with Crippen LogP contribution in [0.2, 0.25) is 0 Å². The predicted molar refractivity (Wildman–Crippen MR) is 63.9 cm³/mol. The van der Waals surface area contributed by atoms with Gasteiger partial charge >= 0.3 is 0 Å². The van der Waals surface area contributed by atoms with E-state index in [9.17, 15) is 4.79 Å². The second kappa shape index (κ2) is 3.80. The molecule has 2 N–H and O–H groups in total. The average Bonchev–Trinajstić information content (AvgIpc) is 2.61. The van der Waals surface area contributed by atoms with Crippen LogP contribution in [0.1, 0.15) is 4.88 Å². The van der Waals surface area contributed by atoms with E-state index in [4.69, 9.17) is 12.2 Å². The van der Waals surface area contributed by atoms with Crippen molar-refractivity contribution in [2.24, 2.45) is 0 Å². The quantitative estimate of drug-likeness (QED) is 0.612. The number of thiocarbonyl (C=S) groups is 1. The maximum Gasteiger partial charge on any atom is 0.273 e. The van der Waals surface area contributed by atoms with Gasteiger partial charge in [0.15, 0.2) is 5.11 Å². The largest absolute Gasteiger partial charge is 0.328 e. The van der Waals surface area contributed by atoms with Crippen molar-refractivity contribution in [1.82, 2.24) is 10.6 Å². The molecule has 2 rings (SSSR count). The van der Waals surface area contributed by atoms with Gasteiger partial charge in [-0.05, 0) is 46.4 Å². The summed E-state index contributed by atoms with van der Waals surface area (Å²) in [6.07, 6.45) is 1.77. The van der Waals surface area contributed by atoms with Crippen LogP contribution >= 0.6 is 39.5 Å². The Balaban J connectivity index is 2.27. The lowest BCUT2D eigenvalue weighted by Gasteiger charge is -1.91. The number of halogens is 1. The second-order valence-corrected chi connectivity index (χ2v) is 5.51. The first-order valence-corrected chi connectivity index (χ1v) is 5.76. The van der Waals surface area contributed by atoms with Gasteiger partial charge in [0, 0.05) is 4.88 Å². The molecule has 0 unspecified atom stereocenters. The van der Waals surface area contributed by atoms with Crippen molar-refractivity contribution in [2.75, 3.05) is 0 Å². The van der Waals surface area contributed by atoms with Crippen LogP contribution < -0.4 is 10.6 Å². The number of carbonyl (C=O) groups excluding carboxylic acids is 1. The molecule has 0 bridgehead atoms. The van der Waals surface area contributed by atoms with Crippen LogP contribution in [0.15, 0.2) is 21.6 Å². The lowest BCUT2D eigenvalue weighted by Crippen LogP contribution is -2.21. The van der Waals surface area contributed by atoms with Gasteiger partial charge in [-0.2, -0.15) is 0 Å². The van der Waals surface area contributed by atoms with Gasteiger partial charge in [-0.3, -0.25) is 10.1 Å². The molecule has 1 aromatic heterocycles. The van der Waals surface area contributed by atoms with Gasteiger partial charge in [-0.25, -0.2) is 0 Å². The minimum Gasteiger partial charge on any atom is -0.328 e. The Morgan fingerprint density at radius 1 is 1.43 bits per heavy atom. The second-order valence-electron chi connectivity index (χ2n) is 2.61. The molecule has 1 aromatic rings. The number of nitrogens with one attached hydrogen (secondary N) is 2. The predicted octanol–water partition coefficient (Wildman–Crippen LogP) is 1.86. The number of amides is 1. The van der Waals surface area contributed by atoms with E-state index in [0.717, 1.165) is 8.66 Å². The zero-order valence-corrected chi connectivity index (χ0v) is 10.1. The topological polar surface area (TPSA) is 41.1 Å². The highest BCUT2D eigenvalue weighted by Gasteiger charge is 2.19. The van der Waals surface area contributed by atoms with Gasteiger partial charge in [0.1, 0.15) is 5.70 Å². The molecule has 2 heterocycles. The maximum absolute atomic E-state index is 11.3. The van der Waals surface area contributed by atoms with Crippen molar-refractivity contribution in [1.29, 1.82) is 0 Å². The fourth-order valence-electron chi connectivity index (χ4n) is 1.03. The summed E-state index contributed by atoms with van der Waals surface area (Å²) in [5.74, 6) is -0.181. The van der Waals surface area contributed by atoms with E-state index in [2.05, 4.69) is 26.6 Å². The third-order valence-electron chi connectivity index (χ3n) is 1.60. The Kier molecular flexibility index (Phi) is 2.66. The molecule has 14 heavy (non-hydrogen) atoms. The van der Waals surface area contributed by atoms with Gasteiger partial charge in [0.25, 0.3) is 5.91 Å². The van der Waals surface area contributed by atoms with E-state index >= 15 is 0 Å². The standard InChI is InChI=1S/C8H5BrN2OS2/c9-6-2-1-4(14-6)3-5-7(12)11-8(13)10-5/h1-3H,(H2,10,11,12,13)/b5-3-. The normalized spacial score (nSPS) is 18.5. The highest BCUT2D eigenvalue weighted by atomic mass is 79.9. The molecule has 72 valence electrons. The maximum atomic E-state index is 11.3. The molecule has 6 heteroatoms. The fourth-order valence-corrected chi connectivity index (χ4v) is 2.60. The lowest BCUT2D eigenvalue weighted by molar-refractivity contribution is -0.115. The Hall–Kier alpha value is -0.720. The number of thiophene rings is 1. The van der Waals surface area contributed by atoms with Crippen molar-refractivity contribution >= 4 is 56.6 Å². The molecular formula is C8H5BrN2OS2. The summed E-state index contributed by atoms with van der Waals surface area (Å²) in [6, 6.07) is 3.86. The molecule has 0 spiro atoms. The summed E-state index contributed by atoms with van der Waals surface area (Å²) in [6.45, 7) is 0. The SMILES string of the molecule is O=C1NC(=S)N/C1=C\c1ccc(Br)s1. The van der Waals surface area contributed by atoms with Gasteiger partial charge in [0.05, 0.1) is 3.79 Å². The summed E-state index contributed by atoms with van der Waals surface area (Å²) in [4.78, 5) is 12.3. The molecule has 1 aliphatic heterocycles. The average molecular weight is 289 g/mol. The van der Waals surface area contributed by atoms with Crippen LogP contribution in [0, 0.1) is 0 Å². The first-order chi connectivity index (χ1) is 6.65. The first kappa shape index (κ1) is 9.82. The first-order valence-electron chi connectivity index (χ1n) is 3.74. The van der Waals surface area contributed by atoms with Gasteiger partial charge in [-0.15, -0.1) is 11.3 Å². The van der Waals surface area contributed by atoms with Gasteiger partial charge < -0.3 is 5.32 Å². The van der Waals surface area contributed by atoms with Gasteiger partial charge in [0.2, 0.25) is 0 Å². The zero-order chi connectivity index (χ0) is 10.1. The van der Waals surface area contributed by atoms with E-state index in [0.29, 0.717) is 10.8 Å². The van der Waals surface area contributed by atoms with Crippen molar-refractivity contribution in [3.05, 3.63) is 26.5 Å². The molecule has 1 aliphatic rings. The van der Waals surface area contributed by atoms with Crippen molar-refractivity contribution < 1.29 is 4.79 Å². The fraction of sp³-hybridized carbons (Fsp3) is 0. The third-order valence-corrected chi connectivity index (χ3v) is 3.38. The highest BCUT2D eigenvalue weighted by Crippen LogP contribution is 2.24. The van der Waals surface area contributed by atoms with Crippen molar-refractivity contribution in [3.63, 3.8) is 0 Å². The Bertz CT molecular complexity index is 438. The van der Waals surface area contributed by atoms with Crippen LogP contribution in [0.4, 0.5) is 0 Å². The number of hydrogen-bond acceptors (Lipinski definition) is 3. The van der Waals surface area contributed by atoms with E-state index < -0.39 is 0 Å². The molecule has 0 atom stereocenters. The monoisotopic (exact) mass is 288 g/mol. The van der Waals surface area contributed by atoms with E-state index in [1.54, 1.807) is 17.4 Å². The van der Waals surface area contributed by atoms with Crippen LogP contribution in [-0.2, 0) is 4.79 Å². The molecule has 0 aromatic carbocycles. The highest BCUT2D eigenvalue weighted by molar-refractivity contribution is 9.11. The smallest absolute Gasteiger partial charge is 0.273 e. The number of carbonyl (C=O) groups is 1. The summed E-state index contributed by atoms with van der Waals surface area (Å²) in [7, 11) is 0. The summed E-state index contributed by atoms with van der Waals surface area (Å²) in [5.41, 5.74) is 0.490. The van der Waals surface area contributed by atoms with Crippen LogP contribution in [0.5, 0.6) is 0 Å². The van der Waals surface area contributed by atoms with Crippen molar-refractivity contribution in [2.45, 2.75) is 0 Å². The van der Waals surface area contributed by atoms with Crippen LogP contribution in [0.3, 0.4) is 0 Å². The van der Waals surface area contributed by atoms with Crippen molar-refractivity contribution in [3.8, 4) is 0 Å². The molecule has 0 saturated carbocycles. The summed E-state index contributed by atoms with van der Waals surface area (Å²) >= 11 is 9.71. The number of rotatable bonds is 1. The molecule has 0 radical (unpaired) electrons. The molecular weight excluding hydrogens is 284 g/mol. The molecule has 1 saturated heterocycles. The summed E-state index contributed by atoms with van der Waals surface area (Å²) in [5, 5.41) is 5.64. The Morgan fingerprint density at radius 3 is 2.71 bits per heavy atom. The van der Waals surface area contributed by atoms with E-state index in [1.165, 1.54) is 0 Å². The van der Waals surface area contributed by atoms with Crippen LogP contribution in [-0.4, -0.2) is 11.0 Å². The lowest BCUT2D eigenvalue weighted by atomic mass is 10.3. The summed E-state index contributed by atoms with van der Waals surface area (Å²) < 4.78 is 1.03. The molecule has 1 fully saturated rings. The minimum absolute atomic E-state index is 0.181. The Labute approximate surface area is 98.3 Å². The molecule has 0 aliphatic carbocycles. The van der Waals surface area contributed by atoms with Crippen LogP contribution in [0.25, 0.3) is 6.08 Å². The van der Waals surface area contributed by atoms with E-state index in [-0.39, 0.29) is 5.91 Å². The zero-order valence-electron chi connectivity index (χ0n) is 6.83. The molecule has 1 amide bonds. The Morgan fingerprint density at radius 2 is 2.21 bits per heavy atom. The van der Waals surface area contributed by atoms with E-state index in [1.807, 2.05) is 12.1 Å².